The molecule has 6 nitrogen and oxygen atoms in total. The number of carboxylic acid groups (broad SMARTS) is 1. The Labute approximate surface area is 126 Å². The predicted molar refractivity (Wildman–Crippen MR) is 80.2 cm³/mol. The van der Waals surface area contributed by atoms with Crippen LogP contribution in [0.2, 0.25) is 0 Å². The van der Waals surface area contributed by atoms with Crippen molar-refractivity contribution in [1.29, 1.82) is 0 Å². The molecule has 2 unspecified atom stereocenters. The van der Waals surface area contributed by atoms with E-state index in [2.05, 4.69) is 26.1 Å². The summed E-state index contributed by atoms with van der Waals surface area (Å²) in [4.78, 5) is 24.1. The number of amides is 2. The summed E-state index contributed by atoms with van der Waals surface area (Å²) in [6.07, 6.45) is 3.13. The van der Waals surface area contributed by atoms with Crippen LogP contribution < -0.4 is 5.32 Å². The maximum absolute atomic E-state index is 12.0. The van der Waals surface area contributed by atoms with Crippen LogP contribution in [0.1, 0.15) is 46.5 Å². The molecule has 122 valence electrons. The van der Waals surface area contributed by atoms with Crippen LogP contribution in [-0.2, 0) is 9.53 Å². The molecule has 1 saturated carbocycles. The molecule has 1 rings (SSSR count). The van der Waals surface area contributed by atoms with Crippen molar-refractivity contribution in [3.63, 3.8) is 0 Å². The monoisotopic (exact) mass is 300 g/mol. The number of aliphatic carboxylic acids is 1. The number of carboxylic acids is 1. The number of rotatable bonds is 8. The number of nitrogens with one attached hydrogen (secondary N) is 1. The molecule has 0 bridgehead atoms. The van der Waals surface area contributed by atoms with E-state index in [4.69, 9.17) is 9.84 Å². The second-order valence-electron chi connectivity index (χ2n) is 6.27. The Kier molecular flexibility index (Phi) is 6.45. The van der Waals surface area contributed by atoms with E-state index in [0.717, 1.165) is 25.9 Å². The van der Waals surface area contributed by atoms with Gasteiger partial charge in [-0.3, -0.25) is 4.79 Å². The van der Waals surface area contributed by atoms with Crippen LogP contribution in [0.5, 0.6) is 0 Å². The summed E-state index contributed by atoms with van der Waals surface area (Å²) in [7, 11) is 1.75. The minimum atomic E-state index is -0.911. The summed E-state index contributed by atoms with van der Waals surface area (Å²) in [5.41, 5.74) is -0.0768. The van der Waals surface area contributed by atoms with Crippen molar-refractivity contribution in [3.05, 3.63) is 0 Å². The maximum atomic E-state index is 12.0. The second kappa shape index (κ2) is 7.64. The molecular weight excluding hydrogens is 272 g/mol. The summed E-state index contributed by atoms with van der Waals surface area (Å²) in [6, 6.07) is -0.102. The van der Waals surface area contributed by atoms with Crippen molar-refractivity contribution in [2.75, 3.05) is 20.2 Å². The molecule has 0 aromatic heterocycles. The Balaban J connectivity index is 2.40. The first-order valence-electron chi connectivity index (χ1n) is 7.64. The van der Waals surface area contributed by atoms with Gasteiger partial charge in [0.25, 0.3) is 0 Å². The number of nitrogens with zero attached hydrogens (tertiary/aromatic N) is 1. The minimum Gasteiger partial charge on any atom is -0.481 e. The number of ether oxygens (including phenoxy) is 1. The smallest absolute Gasteiger partial charge is 0.317 e. The van der Waals surface area contributed by atoms with Crippen molar-refractivity contribution in [2.24, 2.45) is 5.41 Å². The van der Waals surface area contributed by atoms with Crippen molar-refractivity contribution in [1.82, 2.24) is 10.2 Å². The van der Waals surface area contributed by atoms with E-state index in [-0.39, 0.29) is 36.6 Å². The zero-order valence-electron chi connectivity index (χ0n) is 13.5. The number of urea groups is 1. The minimum absolute atomic E-state index is 0.0591. The van der Waals surface area contributed by atoms with E-state index in [0.29, 0.717) is 0 Å². The first kappa shape index (κ1) is 17.8. The third kappa shape index (κ3) is 4.59. The molecule has 0 radical (unpaired) electrons. The van der Waals surface area contributed by atoms with Crippen LogP contribution in [0, 0.1) is 5.41 Å². The fraction of sp³-hybridized carbons (Fsp3) is 0.867. The van der Waals surface area contributed by atoms with E-state index in [9.17, 15) is 9.59 Å². The summed E-state index contributed by atoms with van der Waals surface area (Å²) in [6.45, 7) is 7.28. The third-order valence-electron chi connectivity index (χ3n) is 4.35. The number of carbonyl (C=O) groups is 2. The number of hydrogen-bond donors (Lipinski definition) is 2. The van der Waals surface area contributed by atoms with Crippen LogP contribution >= 0.6 is 0 Å². The lowest BCUT2D eigenvalue weighted by Gasteiger charge is -2.54. The van der Waals surface area contributed by atoms with E-state index >= 15 is 0 Å². The highest BCUT2D eigenvalue weighted by atomic mass is 16.5. The van der Waals surface area contributed by atoms with E-state index in [1.54, 1.807) is 11.9 Å². The van der Waals surface area contributed by atoms with Gasteiger partial charge in [-0.2, -0.15) is 0 Å². The molecule has 0 saturated heterocycles. The molecule has 0 aliphatic heterocycles. The molecule has 0 spiro atoms. The van der Waals surface area contributed by atoms with Crippen LogP contribution in [-0.4, -0.2) is 54.4 Å². The van der Waals surface area contributed by atoms with Gasteiger partial charge in [-0.05, 0) is 12.8 Å². The standard InChI is InChI=1S/C15H28N2O4/c1-5-6-9-21-12-10-11(15(12,2)3)17(4)14(20)16-8-7-13(18)19/h11-12H,5-10H2,1-4H3,(H,16,20)(H,18,19). The zero-order chi connectivity index (χ0) is 16.0. The van der Waals surface area contributed by atoms with Crippen molar-refractivity contribution in [2.45, 2.75) is 58.6 Å². The first-order chi connectivity index (χ1) is 9.80. The van der Waals surface area contributed by atoms with Gasteiger partial charge in [0.1, 0.15) is 0 Å². The normalized spacial score (nSPS) is 23.2. The lowest BCUT2D eigenvalue weighted by molar-refractivity contribution is -0.139. The van der Waals surface area contributed by atoms with Gasteiger partial charge in [-0.1, -0.05) is 27.2 Å². The molecule has 1 fully saturated rings. The van der Waals surface area contributed by atoms with Gasteiger partial charge in [0.05, 0.1) is 12.5 Å². The molecule has 0 aromatic rings. The molecule has 2 amide bonds. The Morgan fingerprint density at radius 1 is 1.43 bits per heavy atom. The summed E-state index contributed by atoms with van der Waals surface area (Å²) in [5.74, 6) is -0.911. The van der Waals surface area contributed by atoms with Crippen LogP contribution in [0.4, 0.5) is 4.79 Å². The largest absolute Gasteiger partial charge is 0.481 e. The zero-order valence-corrected chi connectivity index (χ0v) is 13.5. The average Bonchev–Trinajstić information content (AvgIpc) is 2.40. The number of carbonyl (C=O) groups excluding carboxylic acids is 1. The van der Waals surface area contributed by atoms with E-state index in [1.165, 1.54) is 0 Å². The Hall–Kier alpha value is -1.30. The molecule has 1 aliphatic carbocycles. The van der Waals surface area contributed by atoms with Crippen LogP contribution in [0.25, 0.3) is 0 Å². The highest BCUT2D eigenvalue weighted by Crippen LogP contribution is 2.45. The highest BCUT2D eigenvalue weighted by molar-refractivity contribution is 5.75. The molecule has 1 aliphatic rings. The summed E-state index contributed by atoms with van der Waals surface area (Å²) in [5, 5.41) is 11.2. The van der Waals surface area contributed by atoms with E-state index in [1.807, 2.05) is 0 Å². The topological polar surface area (TPSA) is 78.9 Å². The van der Waals surface area contributed by atoms with Crippen molar-refractivity contribution < 1.29 is 19.4 Å². The van der Waals surface area contributed by atoms with Crippen molar-refractivity contribution in [3.8, 4) is 0 Å². The average molecular weight is 300 g/mol. The summed E-state index contributed by atoms with van der Waals surface area (Å²) >= 11 is 0. The molecule has 0 aromatic carbocycles. The quantitative estimate of drug-likeness (QED) is 0.673. The van der Waals surface area contributed by atoms with Crippen LogP contribution in [0.15, 0.2) is 0 Å². The molecule has 0 heterocycles. The molecular formula is C15H28N2O4. The number of hydrogen-bond acceptors (Lipinski definition) is 3. The number of unbranched alkanes of at least 4 members (excludes halogenated alkanes) is 1. The maximum Gasteiger partial charge on any atom is 0.317 e. The second-order valence-corrected chi connectivity index (χ2v) is 6.27. The third-order valence-corrected chi connectivity index (χ3v) is 4.35. The van der Waals surface area contributed by atoms with Crippen molar-refractivity contribution >= 4 is 12.0 Å². The Morgan fingerprint density at radius 2 is 2.10 bits per heavy atom. The Morgan fingerprint density at radius 3 is 2.62 bits per heavy atom. The fourth-order valence-corrected chi connectivity index (χ4v) is 2.72. The molecule has 21 heavy (non-hydrogen) atoms. The lowest BCUT2D eigenvalue weighted by Crippen LogP contribution is -2.63. The molecule has 2 atom stereocenters. The fourth-order valence-electron chi connectivity index (χ4n) is 2.72. The predicted octanol–water partition coefficient (Wildman–Crippen LogP) is 2.09. The highest BCUT2D eigenvalue weighted by Gasteiger charge is 2.51. The van der Waals surface area contributed by atoms with Gasteiger partial charge in [-0.15, -0.1) is 0 Å². The van der Waals surface area contributed by atoms with Gasteiger partial charge >= 0.3 is 12.0 Å². The van der Waals surface area contributed by atoms with Gasteiger partial charge in [0.2, 0.25) is 0 Å². The Bertz CT molecular complexity index is 371. The van der Waals surface area contributed by atoms with Gasteiger partial charge in [-0.25, -0.2) is 4.79 Å². The van der Waals surface area contributed by atoms with Crippen LogP contribution in [0.3, 0.4) is 0 Å². The van der Waals surface area contributed by atoms with E-state index < -0.39 is 5.97 Å². The SMILES string of the molecule is CCCCOC1CC(N(C)C(=O)NCCC(=O)O)C1(C)C. The van der Waals surface area contributed by atoms with Gasteiger partial charge in [0.15, 0.2) is 0 Å². The van der Waals surface area contributed by atoms with Gasteiger partial charge in [0, 0.05) is 31.7 Å². The first-order valence-corrected chi connectivity index (χ1v) is 7.64. The molecule has 6 heteroatoms. The lowest BCUT2D eigenvalue weighted by atomic mass is 9.64. The summed E-state index contributed by atoms with van der Waals surface area (Å²) < 4.78 is 5.87. The molecule has 2 N–H and O–H groups in total. The van der Waals surface area contributed by atoms with Gasteiger partial charge < -0.3 is 20.1 Å².